The van der Waals surface area contributed by atoms with Crippen molar-refractivity contribution in [3.63, 3.8) is 0 Å². The van der Waals surface area contributed by atoms with E-state index >= 15 is 0 Å². The topological polar surface area (TPSA) is 29.3 Å². The number of anilines is 1. The standard InChI is InChI=1S/C15H14BrClN2/c16-13-3-1-11(15(17)6-13)8-19-7-10-2-4-14(18)5-12(10)9-19/h1-6H,7-9,18H2. The molecule has 2 N–H and O–H groups in total. The Balaban J connectivity index is 1.77. The Bertz CT molecular complexity index is 628. The number of nitrogens with zero attached hydrogens (tertiary/aromatic N) is 1. The monoisotopic (exact) mass is 336 g/mol. The van der Waals surface area contributed by atoms with Crippen LogP contribution in [0, 0.1) is 0 Å². The Morgan fingerprint density at radius 1 is 1.11 bits per heavy atom. The summed E-state index contributed by atoms with van der Waals surface area (Å²) < 4.78 is 1.01. The fraction of sp³-hybridized carbons (Fsp3) is 0.200. The van der Waals surface area contributed by atoms with Crippen LogP contribution in [-0.2, 0) is 19.6 Å². The number of benzene rings is 2. The summed E-state index contributed by atoms with van der Waals surface area (Å²) in [6, 6.07) is 12.2. The summed E-state index contributed by atoms with van der Waals surface area (Å²) >= 11 is 9.70. The van der Waals surface area contributed by atoms with Crippen LogP contribution >= 0.6 is 27.5 Å². The lowest BCUT2D eigenvalue weighted by atomic mass is 10.1. The highest BCUT2D eigenvalue weighted by Gasteiger charge is 2.19. The Labute approximate surface area is 126 Å². The van der Waals surface area contributed by atoms with Crippen molar-refractivity contribution in [2.24, 2.45) is 0 Å². The molecule has 0 amide bonds. The van der Waals surface area contributed by atoms with Crippen molar-refractivity contribution in [3.8, 4) is 0 Å². The normalized spacial score (nSPS) is 14.6. The van der Waals surface area contributed by atoms with Crippen molar-refractivity contribution >= 4 is 33.2 Å². The molecule has 1 heterocycles. The quantitative estimate of drug-likeness (QED) is 0.832. The molecule has 0 fully saturated rings. The molecule has 98 valence electrons. The van der Waals surface area contributed by atoms with Crippen LogP contribution in [0.3, 0.4) is 0 Å². The molecule has 0 unspecified atom stereocenters. The van der Waals surface area contributed by atoms with E-state index in [1.807, 2.05) is 18.2 Å². The first-order valence-corrected chi connectivity index (χ1v) is 7.32. The van der Waals surface area contributed by atoms with Crippen molar-refractivity contribution in [2.75, 3.05) is 5.73 Å². The third-order valence-corrected chi connectivity index (χ3v) is 4.27. The number of nitrogens with two attached hydrogens (primary N) is 1. The van der Waals surface area contributed by atoms with Crippen LogP contribution in [0.1, 0.15) is 16.7 Å². The van der Waals surface area contributed by atoms with E-state index < -0.39 is 0 Å². The summed E-state index contributed by atoms with van der Waals surface area (Å²) in [5.74, 6) is 0. The molecule has 0 bridgehead atoms. The van der Waals surface area contributed by atoms with Crippen molar-refractivity contribution in [1.29, 1.82) is 0 Å². The average molecular weight is 338 g/mol. The molecule has 0 saturated carbocycles. The van der Waals surface area contributed by atoms with Crippen molar-refractivity contribution in [1.82, 2.24) is 4.90 Å². The molecular formula is C15H14BrClN2. The molecule has 1 aliphatic rings. The first kappa shape index (κ1) is 13.0. The Morgan fingerprint density at radius 3 is 2.68 bits per heavy atom. The minimum atomic E-state index is 0.810. The summed E-state index contributed by atoms with van der Waals surface area (Å²) in [7, 11) is 0. The second-order valence-corrected chi connectivity index (χ2v) is 6.23. The average Bonchev–Trinajstić information content (AvgIpc) is 2.74. The zero-order valence-corrected chi connectivity index (χ0v) is 12.7. The van der Waals surface area contributed by atoms with Gasteiger partial charge in [0.05, 0.1) is 0 Å². The molecule has 0 aliphatic carbocycles. The molecule has 0 aromatic heterocycles. The SMILES string of the molecule is Nc1ccc2c(c1)CN(Cc1ccc(Br)cc1Cl)C2. The van der Waals surface area contributed by atoms with Gasteiger partial charge in [-0.1, -0.05) is 39.7 Å². The first-order chi connectivity index (χ1) is 9.11. The van der Waals surface area contributed by atoms with Gasteiger partial charge in [-0.25, -0.2) is 0 Å². The maximum Gasteiger partial charge on any atom is 0.0462 e. The number of nitrogen functional groups attached to an aromatic ring is 1. The lowest BCUT2D eigenvalue weighted by Crippen LogP contribution is -2.15. The minimum Gasteiger partial charge on any atom is -0.399 e. The molecule has 2 aromatic carbocycles. The van der Waals surface area contributed by atoms with E-state index in [0.717, 1.165) is 40.4 Å². The second-order valence-electron chi connectivity index (χ2n) is 4.91. The number of rotatable bonds is 2. The highest BCUT2D eigenvalue weighted by molar-refractivity contribution is 9.10. The molecular weight excluding hydrogens is 324 g/mol. The number of halogens is 2. The molecule has 0 atom stereocenters. The predicted octanol–water partition coefficient (Wildman–Crippen LogP) is 4.20. The van der Waals surface area contributed by atoms with Crippen LogP contribution < -0.4 is 5.73 Å². The maximum absolute atomic E-state index is 6.27. The van der Waals surface area contributed by atoms with Gasteiger partial charge in [-0.05, 0) is 41.0 Å². The predicted molar refractivity (Wildman–Crippen MR) is 83.0 cm³/mol. The number of hydrogen-bond acceptors (Lipinski definition) is 2. The van der Waals surface area contributed by atoms with Gasteiger partial charge in [0.15, 0.2) is 0 Å². The molecule has 3 rings (SSSR count). The van der Waals surface area contributed by atoms with Crippen LogP contribution in [-0.4, -0.2) is 4.90 Å². The van der Waals surface area contributed by atoms with Gasteiger partial charge in [-0.15, -0.1) is 0 Å². The van der Waals surface area contributed by atoms with E-state index in [9.17, 15) is 0 Å². The Hall–Kier alpha value is -1.03. The molecule has 2 nitrogen and oxygen atoms in total. The maximum atomic E-state index is 6.27. The highest BCUT2D eigenvalue weighted by atomic mass is 79.9. The number of hydrogen-bond donors (Lipinski definition) is 1. The lowest BCUT2D eigenvalue weighted by Gasteiger charge is -2.15. The molecule has 2 aromatic rings. The zero-order chi connectivity index (χ0) is 13.4. The second kappa shape index (κ2) is 5.16. The summed E-state index contributed by atoms with van der Waals surface area (Å²) in [5, 5.41) is 0.810. The fourth-order valence-corrected chi connectivity index (χ4v) is 3.22. The van der Waals surface area contributed by atoms with E-state index in [4.69, 9.17) is 17.3 Å². The van der Waals surface area contributed by atoms with E-state index in [1.165, 1.54) is 11.1 Å². The van der Waals surface area contributed by atoms with Gasteiger partial charge in [0.25, 0.3) is 0 Å². The highest BCUT2D eigenvalue weighted by Crippen LogP contribution is 2.28. The van der Waals surface area contributed by atoms with Crippen molar-refractivity contribution < 1.29 is 0 Å². The third kappa shape index (κ3) is 2.78. The van der Waals surface area contributed by atoms with Crippen LogP contribution in [0.4, 0.5) is 5.69 Å². The first-order valence-electron chi connectivity index (χ1n) is 6.15. The summed E-state index contributed by atoms with van der Waals surface area (Å²) in [6.45, 7) is 2.76. The van der Waals surface area contributed by atoms with Gasteiger partial charge in [0.2, 0.25) is 0 Å². The summed E-state index contributed by atoms with van der Waals surface area (Å²) in [4.78, 5) is 2.37. The van der Waals surface area contributed by atoms with Crippen molar-refractivity contribution in [3.05, 3.63) is 62.6 Å². The van der Waals surface area contributed by atoms with Gasteiger partial charge >= 0.3 is 0 Å². The van der Waals surface area contributed by atoms with Gasteiger partial charge in [0, 0.05) is 34.8 Å². The van der Waals surface area contributed by atoms with Crippen LogP contribution in [0.5, 0.6) is 0 Å². The molecule has 19 heavy (non-hydrogen) atoms. The summed E-state index contributed by atoms with van der Waals surface area (Å²) in [6.07, 6.45) is 0. The smallest absolute Gasteiger partial charge is 0.0462 e. The molecule has 0 radical (unpaired) electrons. The van der Waals surface area contributed by atoms with Gasteiger partial charge in [-0.2, -0.15) is 0 Å². The largest absolute Gasteiger partial charge is 0.399 e. The fourth-order valence-electron chi connectivity index (χ4n) is 2.49. The summed E-state index contributed by atoms with van der Waals surface area (Å²) in [5.41, 5.74) is 10.5. The Kier molecular flexibility index (Phi) is 3.52. The van der Waals surface area contributed by atoms with Crippen LogP contribution in [0.15, 0.2) is 40.9 Å². The van der Waals surface area contributed by atoms with Gasteiger partial charge in [0.1, 0.15) is 0 Å². The third-order valence-electron chi connectivity index (χ3n) is 3.43. The molecule has 1 aliphatic heterocycles. The zero-order valence-electron chi connectivity index (χ0n) is 10.4. The van der Waals surface area contributed by atoms with Gasteiger partial charge in [-0.3, -0.25) is 4.90 Å². The van der Waals surface area contributed by atoms with Crippen molar-refractivity contribution in [2.45, 2.75) is 19.6 Å². The molecule has 4 heteroatoms. The van der Waals surface area contributed by atoms with E-state index in [1.54, 1.807) is 0 Å². The Morgan fingerprint density at radius 2 is 1.89 bits per heavy atom. The van der Waals surface area contributed by atoms with Crippen LogP contribution in [0.2, 0.25) is 5.02 Å². The van der Waals surface area contributed by atoms with Crippen LogP contribution in [0.25, 0.3) is 0 Å². The molecule has 0 saturated heterocycles. The van der Waals surface area contributed by atoms with Gasteiger partial charge < -0.3 is 5.73 Å². The molecule has 0 spiro atoms. The minimum absolute atomic E-state index is 0.810. The lowest BCUT2D eigenvalue weighted by molar-refractivity contribution is 0.275. The van der Waals surface area contributed by atoms with E-state index in [2.05, 4.69) is 39.0 Å². The van der Waals surface area contributed by atoms with E-state index in [0.29, 0.717) is 0 Å². The number of fused-ring (bicyclic) bond motifs is 1. The van der Waals surface area contributed by atoms with E-state index in [-0.39, 0.29) is 0 Å².